The molecular weight excluding hydrogens is 372 g/mol. The number of sulfonamides is 1. The number of rotatable bonds is 5. The highest BCUT2D eigenvalue weighted by Gasteiger charge is 2.53. The van der Waals surface area contributed by atoms with E-state index in [1.54, 1.807) is 13.8 Å². The van der Waals surface area contributed by atoms with Gasteiger partial charge in [-0.05, 0) is 32.4 Å². The van der Waals surface area contributed by atoms with Crippen molar-refractivity contribution in [3.8, 4) is 0 Å². The van der Waals surface area contributed by atoms with E-state index >= 15 is 0 Å². The van der Waals surface area contributed by atoms with Crippen molar-refractivity contribution in [2.75, 3.05) is 13.1 Å². The fraction of sp³-hybridized carbons (Fsp3) is 0.714. The molecule has 4 N–H and O–H groups in total. The highest BCUT2D eigenvalue weighted by Crippen LogP contribution is 2.50. The maximum absolute atomic E-state index is 13.0. The maximum Gasteiger partial charge on any atom is 0.247 e. The molecule has 0 saturated heterocycles. The van der Waals surface area contributed by atoms with Crippen molar-refractivity contribution in [2.45, 2.75) is 47.0 Å². The maximum atomic E-state index is 13.0. The molecule has 1 aliphatic heterocycles. The number of hydrogen-bond donors (Lipinski definition) is 3. The average molecular weight is 397 g/mol. The number of sulfone groups is 1. The van der Waals surface area contributed by atoms with E-state index in [9.17, 15) is 21.9 Å². The third kappa shape index (κ3) is 3.27. The van der Waals surface area contributed by atoms with Crippen LogP contribution in [0, 0.1) is 11.8 Å². The van der Waals surface area contributed by atoms with Gasteiger partial charge in [-0.1, -0.05) is 13.8 Å². The third-order valence-electron chi connectivity index (χ3n) is 4.43. The first-order valence-corrected chi connectivity index (χ1v) is 11.4. The van der Waals surface area contributed by atoms with Crippen LogP contribution in [0.15, 0.2) is 14.5 Å². The zero-order chi connectivity index (χ0) is 18.5. The Labute approximate surface area is 147 Å². The molecule has 2 atom stereocenters. The molecule has 1 aromatic heterocycles. The first kappa shape index (κ1) is 19.8. The monoisotopic (exact) mass is 396 g/mol. The summed E-state index contributed by atoms with van der Waals surface area (Å²) in [5.41, 5.74) is 0.125. The van der Waals surface area contributed by atoms with Gasteiger partial charge in [-0.25, -0.2) is 22.0 Å². The van der Waals surface area contributed by atoms with Crippen LogP contribution in [0.1, 0.15) is 39.4 Å². The fourth-order valence-corrected chi connectivity index (χ4v) is 7.60. The summed E-state index contributed by atoms with van der Waals surface area (Å²) < 4.78 is 47.4. The lowest BCUT2D eigenvalue weighted by Crippen LogP contribution is -2.50. The third-order valence-corrected chi connectivity index (χ3v) is 10.1. The van der Waals surface area contributed by atoms with Crippen LogP contribution in [0.2, 0.25) is 0 Å². The molecule has 24 heavy (non-hydrogen) atoms. The van der Waals surface area contributed by atoms with E-state index < -0.39 is 36.6 Å². The quantitative estimate of drug-likeness (QED) is 0.677. The molecule has 2 heterocycles. The van der Waals surface area contributed by atoms with Crippen LogP contribution < -0.4 is 10.5 Å². The molecule has 0 radical (unpaired) electrons. The molecule has 1 aromatic rings. The summed E-state index contributed by atoms with van der Waals surface area (Å²) in [4.78, 5) is 0. The SMILES string of the molecule is CC(C)CNCC1C(O)c2cc(S(N)(=O)=O)sc2S(=O)(=O)C1(C)C. The van der Waals surface area contributed by atoms with Gasteiger partial charge in [-0.3, -0.25) is 0 Å². The van der Waals surface area contributed by atoms with Gasteiger partial charge in [0.25, 0.3) is 0 Å². The first-order chi connectivity index (χ1) is 10.8. The molecule has 10 heteroatoms. The highest BCUT2D eigenvalue weighted by molar-refractivity contribution is 7.96. The van der Waals surface area contributed by atoms with E-state index in [1.165, 1.54) is 6.07 Å². The summed E-state index contributed by atoms with van der Waals surface area (Å²) in [5, 5.41) is 19.0. The number of aliphatic hydroxyl groups is 1. The minimum absolute atomic E-state index is 0.107. The number of thiophene rings is 1. The Balaban J connectivity index is 2.51. The van der Waals surface area contributed by atoms with Crippen molar-refractivity contribution in [3.63, 3.8) is 0 Å². The van der Waals surface area contributed by atoms with E-state index in [0.717, 1.165) is 0 Å². The second-order valence-electron chi connectivity index (χ2n) is 7.06. The highest BCUT2D eigenvalue weighted by atomic mass is 32.3. The van der Waals surface area contributed by atoms with E-state index in [-0.39, 0.29) is 14.0 Å². The van der Waals surface area contributed by atoms with Gasteiger partial charge in [0.15, 0.2) is 9.84 Å². The normalized spacial score (nSPS) is 25.6. The molecule has 2 rings (SSSR count). The zero-order valence-electron chi connectivity index (χ0n) is 14.1. The van der Waals surface area contributed by atoms with Gasteiger partial charge in [-0.2, -0.15) is 0 Å². The van der Waals surface area contributed by atoms with Gasteiger partial charge in [0, 0.05) is 18.0 Å². The number of hydrogen-bond acceptors (Lipinski definition) is 7. The van der Waals surface area contributed by atoms with Gasteiger partial charge in [0.1, 0.15) is 8.42 Å². The van der Waals surface area contributed by atoms with E-state index in [2.05, 4.69) is 5.32 Å². The number of aliphatic hydroxyl groups excluding tert-OH is 1. The Morgan fingerprint density at radius 1 is 1.42 bits per heavy atom. The van der Waals surface area contributed by atoms with E-state index in [1.807, 2.05) is 13.8 Å². The number of nitrogens with two attached hydrogens (primary N) is 1. The topological polar surface area (TPSA) is 127 Å². The molecule has 138 valence electrons. The molecule has 2 unspecified atom stereocenters. The van der Waals surface area contributed by atoms with Crippen LogP contribution in [-0.2, 0) is 19.9 Å². The van der Waals surface area contributed by atoms with Crippen LogP contribution in [0.5, 0.6) is 0 Å². The van der Waals surface area contributed by atoms with Gasteiger partial charge < -0.3 is 10.4 Å². The molecule has 0 aromatic carbocycles. The summed E-state index contributed by atoms with van der Waals surface area (Å²) in [6.45, 7) is 8.19. The van der Waals surface area contributed by atoms with Gasteiger partial charge in [0.2, 0.25) is 10.0 Å². The van der Waals surface area contributed by atoms with Crippen molar-refractivity contribution in [1.29, 1.82) is 0 Å². The molecule has 0 spiro atoms. The Morgan fingerprint density at radius 2 is 2.00 bits per heavy atom. The molecule has 1 aliphatic rings. The Morgan fingerprint density at radius 3 is 2.50 bits per heavy atom. The molecule has 7 nitrogen and oxygen atoms in total. The Bertz CT molecular complexity index is 825. The first-order valence-electron chi connectivity index (χ1n) is 7.60. The van der Waals surface area contributed by atoms with E-state index in [4.69, 9.17) is 5.14 Å². The second-order valence-corrected chi connectivity index (χ2v) is 12.6. The van der Waals surface area contributed by atoms with Crippen molar-refractivity contribution in [3.05, 3.63) is 11.6 Å². The molecule has 0 saturated carbocycles. The van der Waals surface area contributed by atoms with Crippen molar-refractivity contribution < 1.29 is 21.9 Å². The van der Waals surface area contributed by atoms with Gasteiger partial charge >= 0.3 is 0 Å². The van der Waals surface area contributed by atoms with Crippen molar-refractivity contribution in [1.82, 2.24) is 5.32 Å². The standard InChI is InChI=1S/C14H24N2O5S3/c1-8(2)6-16-7-10-12(17)9-5-11(24(15,20)21)22-13(9)23(18,19)14(10,3)4/h5,8,10,12,16-17H,6-7H2,1-4H3,(H2,15,20,21). The molecular formula is C14H24N2O5S3. The van der Waals surface area contributed by atoms with Crippen molar-refractivity contribution in [2.24, 2.45) is 17.0 Å². The summed E-state index contributed by atoms with van der Waals surface area (Å²) in [6, 6.07) is 1.18. The largest absolute Gasteiger partial charge is 0.388 e. The average Bonchev–Trinajstić information content (AvgIpc) is 2.87. The number of fused-ring (bicyclic) bond motifs is 1. The molecule has 0 aliphatic carbocycles. The lowest BCUT2D eigenvalue weighted by atomic mass is 9.86. The summed E-state index contributed by atoms with van der Waals surface area (Å²) in [6.07, 6.45) is -1.08. The van der Waals surface area contributed by atoms with Gasteiger partial charge in [-0.15, -0.1) is 11.3 Å². The predicted octanol–water partition coefficient (Wildman–Crippen LogP) is 0.857. The van der Waals surface area contributed by atoms with Crippen LogP contribution >= 0.6 is 11.3 Å². The van der Waals surface area contributed by atoms with Crippen LogP contribution in [0.25, 0.3) is 0 Å². The van der Waals surface area contributed by atoms with Crippen molar-refractivity contribution >= 4 is 31.2 Å². The van der Waals surface area contributed by atoms with Gasteiger partial charge in [0.05, 0.1) is 10.9 Å². The number of primary sulfonamides is 1. The minimum atomic E-state index is -4.03. The predicted molar refractivity (Wildman–Crippen MR) is 93.1 cm³/mol. The zero-order valence-corrected chi connectivity index (χ0v) is 16.6. The van der Waals surface area contributed by atoms with Crippen LogP contribution in [0.3, 0.4) is 0 Å². The minimum Gasteiger partial charge on any atom is -0.388 e. The fourth-order valence-electron chi connectivity index (χ4n) is 2.84. The number of nitrogens with one attached hydrogen (secondary N) is 1. The van der Waals surface area contributed by atoms with E-state index in [0.29, 0.717) is 30.3 Å². The lowest BCUT2D eigenvalue weighted by molar-refractivity contribution is 0.0806. The lowest BCUT2D eigenvalue weighted by Gasteiger charge is -2.41. The summed E-state index contributed by atoms with van der Waals surface area (Å²) >= 11 is 0.605. The summed E-state index contributed by atoms with van der Waals surface area (Å²) in [5.74, 6) is -0.215. The Hall–Kier alpha value is -0.520. The second kappa shape index (κ2) is 6.33. The van der Waals surface area contributed by atoms with Crippen LogP contribution in [0.4, 0.5) is 0 Å². The summed E-state index contributed by atoms with van der Waals surface area (Å²) in [7, 11) is -7.82. The smallest absolute Gasteiger partial charge is 0.247 e. The molecule has 0 amide bonds. The molecule has 0 fully saturated rings. The molecule has 0 bridgehead atoms. The van der Waals surface area contributed by atoms with Crippen LogP contribution in [-0.4, -0.2) is 39.8 Å². The Kier molecular flexibility index (Phi) is 5.22.